The van der Waals surface area contributed by atoms with Crippen LogP contribution in [0.25, 0.3) is 22.3 Å². The van der Waals surface area contributed by atoms with Crippen molar-refractivity contribution >= 4 is 41.6 Å². The fourth-order valence-corrected chi connectivity index (χ4v) is 5.22. The van der Waals surface area contributed by atoms with Crippen LogP contribution < -0.4 is 15.8 Å². The van der Waals surface area contributed by atoms with Gasteiger partial charge in [0.1, 0.15) is 0 Å². The van der Waals surface area contributed by atoms with E-state index in [1.165, 1.54) is 57.4 Å². The molecule has 12 nitrogen and oxygen atoms in total. The van der Waals surface area contributed by atoms with Crippen molar-refractivity contribution in [3.8, 4) is 22.3 Å². The highest BCUT2D eigenvalue weighted by atomic mass is 32.9. The minimum absolute atomic E-state index is 0. The molecule has 55 heavy (non-hydrogen) atoms. The first-order valence-electron chi connectivity index (χ1n) is 17.2. The van der Waals surface area contributed by atoms with Gasteiger partial charge in [0, 0.05) is 29.7 Å². The number of carbonyl (C=O) groups excluding carboxylic acids is 1. The lowest BCUT2D eigenvalue weighted by Gasteiger charge is -2.26. The van der Waals surface area contributed by atoms with Gasteiger partial charge in [0.25, 0.3) is 0 Å². The minimum atomic E-state index is -4.68. The zero-order valence-electron chi connectivity index (χ0n) is 32.2. The SMILES string of the molecule is C.CC(C)c1cc(C(C)C)c(Nc2c(-c3ccccc3)cccc2-c2ccccc2)c(C(C)C)c1.CCC(=O)O.CCC(=O)OC.O=S(=O)=S(=O)(O[O-])O[O-]. The van der Waals surface area contributed by atoms with Gasteiger partial charge in [-0.15, -0.1) is 0 Å². The molecule has 0 amide bonds. The van der Waals surface area contributed by atoms with Crippen molar-refractivity contribution in [2.24, 2.45) is 0 Å². The summed E-state index contributed by atoms with van der Waals surface area (Å²) in [6.45, 7) is 17.1. The summed E-state index contributed by atoms with van der Waals surface area (Å²) in [5.74, 6) is 0.436. The van der Waals surface area contributed by atoms with Gasteiger partial charge in [-0.3, -0.25) is 9.59 Å². The highest BCUT2D eigenvalue weighted by Crippen LogP contribution is 2.43. The van der Waals surface area contributed by atoms with Crippen molar-refractivity contribution in [1.29, 1.82) is 0 Å². The standard InChI is InChI=1S/C33H37N.C4H8O2.C3H6O2.CH4.H2O7S2/c1-22(2)27-20-30(23(3)4)33(31(21-27)24(5)6)34-32-28(25-14-9-7-10-15-25)18-13-19-29(32)26-16-11-8-12-17-26;1-3-4(5)6-2;1-2-3(4)5;;1-6-9(5,7-2)8(3)4/h7-24,34H,1-6H3;3H2,1-2H3;2H2,1H3,(H,4,5);1H4;1-2H/p-2. The van der Waals surface area contributed by atoms with Crippen LogP contribution in [-0.2, 0) is 41.3 Å². The summed E-state index contributed by atoms with van der Waals surface area (Å²) in [5.41, 5.74) is 11.5. The van der Waals surface area contributed by atoms with E-state index in [9.17, 15) is 22.2 Å². The topological polar surface area (TPSA) is 191 Å². The number of aliphatic carboxylic acids is 1. The Bertz CT molecular complexity index is 1900. The number of carbonyl (C=O) groups is 2. The molecule has 0 bridgehead atoms. The number of esters is 1. The minimum Gasteiger partial charge on any atom is -0.707 e. The van der Waals surface area contributed by atoms with Crippen LogP contribution in [0, 0.1) is 0 Å². The Hall–Kier alpha value is -4.57. The lowest BCUT2D eigenvalue weighted by atomic mass is 9.86. The highest BCUT2D eigenvalue weighted by Gasteiger charge is 2.20. The van der Waals surface area contributed by atoms with Crippen molar-refractivity contribution in [1.82, 2.24) is 0 Å². The quantitative estimate of drug-likeness (QED) is 0.0839. The summed E-state index contributed by atoms with van der Waals surface area (Å²) in [6.07, 6.45) is 0.691. The number of nitrogens with one attached hydrogen (secondary N) is 1. The van der Waals surface area contributed by atoms with E-state index in [4.69, 9.17) is 15.6 Å². The monoisotopic (exact) mass is 801 g/mol. The fourth-order valence-electron chi connectivity index (χ4n) is 4.83. The number of hydrogen-bond donors (Lipinski definition) is 2. The average molecular weight is 802 g/mol. The molecule has 0 aliphatic rings. The number of rotatable bonds is 11. The van der Waals surface area contributed by atoms with Gasteiger partial charge in [0.2, 0.25) is 0 Å². The molecule has 0 unspecified atom stereocenters. The Morgan fingerprint density at radius 2 is 1.11 bits per heavy atom. The van der Waals surface area contributed by atoms with E-state index in [0.717, 1.165) is 0 Å². The first-order valence-corrected chi connectivity index (χ1v) is 20.2. The maximum absolute atomic E-state index is 9.96. The average Bonchev–Trinajstić information content (AvgIpc) is 3.18. The molecule has 4 aromatic carbocycles. The predicted octanol–water partition coefficient (Wildman–Crippen LogP) is 8.30. The maximum Gasteiger partial charge on any atom is 0.318 e. The summed E-state index contributed by atoms with van der Waals surface area (Å²) >= 11 is 0. The molecule has 0 fully saturated rings. The van der Waals surface area contributed by atoms with Gasteiger partial charge in [-0.25, -0.2) is 0 Å². The van der Waals surface area contributed by atoms with Gasteiger partial charge >= 0.3 is 30.3 Å². The fraction of sp³-hybridized carbons (Fsp3) is 0.366. The molecule has 0 radical (unpaired) electrons. The maximum atomic E-state index is 9.96. The Morgan fingerprint density at radius 1 is 0.709 bits per heavy atom. The zero-order chi connectivity index (χ0) is 41.0. The number of anilines is 2. The first kappa shape index (κ1) is 50.4. The third-order valence-corrected chi connectivity index (χ3v) is 9.77. The molecular weight excluding hydrogens is 747 g/mol. The molecule has 14 heteroatoms. The summed E-state index contributed by atoms with van der Waals surface area (Å²) < 4.78 is 38.3. The largest absolute Gasteiger partial charge is 0.707 e. The number of methoxy groups -OCH3 is 1. The number of ether oxygens (including phenoxy) is 1. The summed E-state index contributed by atoms with van der Waals surface area (Å²) in [5, 5.41) is 30.0. The van der Waals surface area contributed by atoms with Crippen LogP contribution in [-0.4, -0.2) is 36.8 Å². The van der Waals surface area contributed by atoms with E-state index in [1.54, 1.807) is 13.8 Å². The van der Waals surface area contributed by atoms with Crippen LogP contribution in [0.2, 0.25) is 0 Å². The van der Waals surface area contributed by atoms with Gasteiger partial charge < -0.3 is 34.3 Å². The van der Waals surface area contributed by atoms with Gasteiger partial charge in [0.15, 0.2) is 0 Å². The molecule has 0 spiro atoms. The molecule has 4 aromatic rings. The smallest absolute Gasteiger partial charge is 0.318 e. The molecule has 0 aromatic heterocycles. The molecule has 2 N–H and O–H groups in total. The van der Waals surface area contributed by atoms with Crippen LogP contribution in [0.4, 0.5) is 11.4 Å². The lowest BCUT2D eigenvalue weighted by Crippen LogP contribution is -2.23. The van der Waals surface area contributed by atoms with Crippen molar-refractivity contribution in [3.63, 3.8) is 0 Å². The molecule has 0 aliphatic carbocycles. The predicted molar refractivity (Wildman–Crippen MR) is 216 cm³/mol. The number of para-hydroxylation sites is 1. The van der Waals surface area contributed by atoms with E-state index in [-0.39, 0.29) is 19.8 Å². The van der Waals surface area contributed by atoms with Crippen LogP contribution in [0.5, 0.6) is 0 Å². The van der Waals surface area contributed by atoms with E-state index >= 15 is 0 Å². The molecular formula is C41H55NO11S2-2. The van der Waals surface area contributed by atoms with Gasteiger partial charge in [-0.1, -0.05) is 154 Å². The highest BCUT2D eigenvalue weighted by molar-refractivity contribution is 8.32. The van der Waals surface area contributed by atoms with E-state index in [1.807, 2.05) is 0 Å². The molecule has 0 atom stereocenters. The number of benzene rings is 4. The molecule has 0 aliphatic heterocycles. The molecule has 4 rings (SSSR count). The lowest BCUT2D eigenvalue weighted by molar-refractivity contribution is -0.670. The summed E-state index contributed by atoms with van der Waals surface area (Å²) in [7, 11) is -6.76. The first-order chi connectivity index (χ1) is 25.5. The van der Waals surface area contributed by atoms with Gasteiger partial charge in [0.05, 0.1) is 12.8 Å². The number of hydrogen-bond acceptors (Lipinski definition) is 11. The molecule has 0 heterocycles. The Labute approximate surface area is 327 Å². The summed E-state index contributed by atoms with van der Waals surface area (Å²) in [6, 6.07) is 32.9. The van der Waals surface area contributed by atoms with E-state index in [0.29, 0.717) is 24.2 Å². The second-order valence-electron chi connectivity index (χ2n) is 12.5. The van der Waals surface area contributed by atoms with Gasteiger partial charge in [-0.2, -0.15) is 12.6 Å². The summed E-state index contributed by atoms with van der Waals surface area (Å²) in [4.78, 5) is 19.3. The van der Waals surface area contributed by atoms with Crippen molar-refractivity contribution in [2.75, 3.05) is 12.4 Å². The number of carboxylic acids is 1. The Morgan fingerprint density at radius 3 is 1.35 bits per heavy atom. The second kappa shape index (κ2) is 25.5. The van der Waals surface area contributed by atoms with Crippen LogP contribution in [0.15, 0.2) is 91.0 Å². The Kier molecular flexibility index (Phi) is 23.4. The third-order valence-electron chi connectivity index (χ3n) is 7.77. The molecule has 0 saturated carbocycles. The molecule has 0 saturated heterocycles. The van der Waals surface area contributed by atoms with Crippen molar-refractivity contribution < 1.29 is 51.2 Å². The van der Waals surface area contributed by atoms with Crippen molar-refractivity contribution in [2.45, 2.75) is 93.4 Å². The normalized spacial score (nSPS) is 10.4. The van der Waals surface area contributed by atoms with Crippen LogP contribution in [0.3, 0.4) is 0 Å². The van der Waals surface area contributed by atoms with E-state index < -0.39 is 24.3 Å². The van der Waals surface area contributed by atoms with Crippen molar-refractivity contribution in [3.05, 3.63) is 108 Å². The van der Waals surface area contributed by atoms with Gasteiger partial charge in [-0.05, 0) is 45.6 Å². The van der Waals surface area contributed by atoms with Crippen LogP contribution >= 0.6 is 0 Å². The zero-order valence-corrected chi connectivity index (χ0v) is 33.8. The van der Waals surface area contributed by atoms with Crippen LogP contribution in [0.1, 0.15) is 110 Å². The third kappa shape index (κ3) is 16.0. The Balaban J connectivity index is 0.00000114. The molecule has 304 valence electrons. The number of carboxylic acid groups (broad SMARTS) is 1. The van der Waals surface area contributed by atoms with E-state index in [2.05, 4.69) is 151 Å². The second-order valence-corrected chi connectivity index (χ2v) is 16.1.